The molecule has 3 heterocycles. The minimum atomic E-state index is 0.436. The van der Waals surface area contributed by atoms with Gasteiger partial charge < -0.3 is 9.64 Å². The van der Waals surface area contributed by atoms with Crippen molar-refractivity contribution in [1.82, 2.24) is 19.9 Å². The number of piperidine rings is 1. The van der Waals surface area contributed by atoms with Crippen LogP contribution in [0.25, 0.3) is 22.5 Å². The van der Waals surface area contributed by atoms with Crippen molar-refractivity contribution in [2.24, 2.45) is 0 Å². The normalized spacial score (nSPS) is 15.6. The van der Waals surface area contributed by atoms with Gasteiger partial charge in [-0.25, -0.2) is 9.97 Å². The molecule has 0 N–H and O–H groups in total. The van der Waals surface area contributed by atoms with Crippen LogP contribution >= 0.6 is 0 Å². The van der Waals surface area contributed by atoms with Gasteiger partial charge in [0.15, 0.2) is 5.82 Å². The molecule has 0 atom stereocenters. The number of aromatic nitrogens is 3. The van der Waals surface area contributed by atoms with E-state index in [1.54, 1.807) is 19.5 Å². The van der Waals surface area contributed by atoms with Crippen LogP contribution in [-0.2, 0) is 0 Å². The number of likely N-dealkylation sites (tertiary alicyclic amines) is 1. The molecule has 0 unspecified atom stereocenters. The summed E-state index contributed by atoms with van der Waals surface area (Å²) in [5, 5.41) is 0. The first-order valence-corrected chi connectivity index (χ1v) is 9.35. The summed E-state index contributed by atoms with van der Waals surface area (Å²) in [7, 11) is 3.88. The second-order valence-electron chi connectivity index (χ2n) is 7.04. The third-order valence-electron chi connectivity index (χ3n) is 5.24. The highest BCUT2D eigenvalue weighted by molar-refractivity contribution is 5.69. The highest BCUT2D eigenvalue weighted by atomic mass is 16.5. The van der Waals surface area contributed by atoms with Crippen LogP contribution in [0, 0.1) is 0 Å². The molecule has 3 aromatic rings. The molecule has 2 aromatic heterocycles. The van der Waals surface area contributed by atoms with Crippen molar-refractivity contribution in [2.45, 2.75) is 18.8 Å². The Morgan fingerprint density at radius 2 is 1.81 bits per heavy atom. The molecule has 4 rings (SSSR count). The van der Waals surface area contributed by atoms with Crippen LogP contribution in [0.4, 0.5) is 0 Å². The first kappa shape index (κ1) is 17.6. The van der Waals surface area contributed by atoms with Gasteiger partial charge in [-0.05, 0) is 62.8 Å². The predicted octanol–water partition coefficient (Wildman–Crippen LogP) is 4.02. The summed E-state index contributed by atoms with van der Waals surface area (Å²) in [5.74, 6) is 2.05. The molecule has 0 radical (unpaired) electrons. The van der Waals surface area contributed by atoms with Crippen molar-refractivity contribution >= 4 is 0 Å². The summed E-state index contributed by atoms with van der Waals surface area (Å²) in [6, 6.07) is 12.1. The van der Waals surface area contributed by atoms with Gasteiger partial charge in [0.1, 0.15) is 5.75 Å². The van der Waals surface area contributed by atoms with Crippen molar-refractivity contribution in [3.63, 3.8) is 0 Å². The molecule has 0 amide bonds. The third-order valence-corrected chi connectivity index (χ3v) is 5.24. The molecule has 5 nitrogen and oxygen atoms in total. The van der Waals surface area contributed by atoms with Crippen molar-refractivity contribution in [3.8, 4) is 28.3 Å². The van der Waals surface area contributed by atoms with E-state index in [-0.39, 0.29) is 0 Å². The molecule has 1 aromatic carbocycles. The lowest BCUT2D eigenvalue weighted by Crippen LogP contribution is -2.29. The zero-order chi connectivity index (χ0) is 18.6. The van der Waals surface area contributed by atoms with Crippen LogP contribution in [0.2, 0.25) is 0 Å². The van der Waals surface area contributed by atoms with E-state index in [0.717, 1.165) is 59.9 Å². The van der Waals surface area contributed by atoms with Crippen LogP contribution in [0.5, 0.6) is 5.75 Å². The Balaban J connectivity index is 1.80. The maximum absolute atomic E-state index is 5.41. The Bertz CT molecular complexity index is 905. The number of benzene rings is 1. The molecular weight excluding hydrogens is 336 g/mol. The van der Waals surface area contributed by atoms with E-state index < -0.39 is 0 Å². The Morgan fingerprint density at radius 3 is 2.56 bits per heavy atom. The van der Waals surface area contributed by atoms with E-state index >= 15 is 0 Å². The topological polar surface area (TPSA) is 51.1 Å². The average Bonchev–Trinajstić information content (AvgIpc) is 2.74. The minimum Gasteiger partial charge on any atom is -0.497 e. The number of rotatable bonds is 4. The van der Waals surface area contributed by atoms with E-state index in [0.29, 0.717) is 5.92 Å². The van der Waals surface area contributed by atoms with Gasteiger partial charge in [0.25, 0.3) is 0 Å². The molecule has 1 aliphatic rings. The zero-order valence-corrected chi connectivity index (χ0v) is 15.8. The van der Waals surface area contributed by atoms with E-state index in [1.807, 2.05) is 30.5 Å². The fourth-order valence-corrected chi connectivity index (χ4v) is 3.64. The summed E-state index contributed by atoms with van der Waals surface area (Å²) >= 11 is 0. The van der Waals surface area contributed by atoms with Gasteiger partial charge in [0.05, 0.1) is 12.8 Å². The highest BCUT2D eigenvalue weighted by Gasteiger charge is 2.24. The quantitative estimate of drug-likeness (QED) is 0.703. The van der Waals surface area contributed by atoms with Crippen LogP contribution in [0.1, 0.15) is 24.5 Å². The molecule has 1 aliphatic heterocycles. The largest absolute Gasteiger partial charge is 0.497 e. The van der Waals surface area contributed by atoms with Gasteiger partial charge >= 0.3 is 0 Å². The Hall–Kier alpha value is -2.79. The number of hydrogen-bond acceptors (Lipinski definition) is 5. The van der Waals surface area contributed by atoms with E-state index in [1.165, 1.54) is 0 Å². The standard InChI is InChI=1S/C22H24N4O/c1-26-12-8-16(9-13-26)21-20(18-4-3-5-19(14-18)27-2)15-24-22(25-21)17-6-10-23-11-7-17/h3-7,10-11,14-16H,8-9,12-13H2,1-2H3. The lowest BCUT2D eigenvalue weighted by molar-refractivity contribution is 0.253. The molecule has 1 saturated heterocycles. The van der Waals surface area contributed by atoms with Crippen molar-refractivity contribution in [2.75, 3.05) is 27.2 Å². The summed E-state index contributed by atoms with van der Waals surface area (Å²) in [5.41, 5.74) is 4.33. The molecule has 1 fully saturated rings. The lowest BCUT2D eigenvalue weighted by Gasteiger charge is -2.29. The molecule has 0 saturated carbocycles. The van der Waals surface area contributed by atoms with Crippen LogP contribution in [0.15, 0.2) is 55.0 Å². The van der Waals surface area contributed by atoms with Gasteiger partial charge in [-0.15, -0.1) is 0 Å². The molecule has 138 valence electrons. The summed E-state index contributed by atoms with van der Waals surface area (Å²) in [6.45, 7) is 2.19. The Kier molecular flexibility index (Phi) is 5.12. The molecule has 0 spiro atoms. The first-order valence-electron chi connectivity index (χ1n) is 9.35. The lowest BCUT2D eigenvalue weighted by atomic mass is 9.89. The van der Waals surface area contributed by atoms with E-state index in [2.05, 4.69) is 34.0 Å². The molecule has 0 bridgehead atoms. The summed E-state index contributed by atoms with van der Waals surface area (Å²) < 4.78 is 5.41. The zero-order valence-electron chi connectivity index (χ0n) is 15.8. The number of methoxy groups -OCH3 is 1. The number of pyridine rings is 1. The van der Waals surface area contributed by atoms with Crippen molar-refractivity contribution in [1.29, 1.82) is 0 Å². The number of nitrogens with zero attached hydrogens (tertiary/aromatic N) is 4. The Morgan fingerprint density at radius 1 is 1.04 bits per heavy atom. The van der Waals surface area contributed by atoms with Gasteiger partial charge in [-0.1, -0.05) is 12.1 Å². The minimum absolute atomic E-state index is 0.436. The fourth-order valence-electron chi connectivity index (χ4n) is 3.64. The SMILES string of the molecule is COc1cccc(-c2cnc(-c3ccncc3)nc2C2CCN(C)CC2)c1. The van der Waals surface area contributed by atoms with Gasteiger partial charge in [0, 0.05) is 35.6 Å². The van der Waals surface area contributed by atoms with Crippen LogP contribution in [-0.4, -0.2) is 47.1 Å². The van der Waals surface area contributed by atoms with Crippen LogP contribution < -0.4 is 4.74 Å². The van der Waals surface area contributed by atoms with Gasteiger partial charge in [-0.3, -0.25) is 4.98 Å². The number of ether oxygens (including phenoxy) is 1. The summed E-state index contributed by atoms with van der Waals surface area (Å²) in [6.07, 6.45) is 7.75. The molecule has 27 heavy (non-hydrogen) atoms. The molecular formula is C22H24N4O. The maximum Gasteiger partial charge on any atom is 0.159 e. The van der Waals surface area contributed by atoms with Gasteiger partial charge in [0.2, 0.25) is 0 Å². The van der Waals surface area contributed by atoms with Crippen molar-refractivity contribution < 1.29 is 4.74 Å². The second-order valence-corrected chi connectivity index (χ2v) is 7.04. The van der Waals surface area contributed by atoms with Crippen LogP contribution in [0.3, 0.4) is 0 Å². The number of hydrogen-bond donors (Lipinski definition) is 0. The third kappa shape index (κ3) is 3.83. The van der Waals surface area contributed by atoms with E-state index in [9.17, 15) is 0 Å². The smallest absolute Gasteiger partial charge is 0.159 e. The first-order chi connectivity index (χ1) is 13.2. The second kappa shape index (κ2) is 7.84. The van der Waals surface area contributed by atoms with Gasteiger partial charge in [-0.2, -0.15) is 0 Å². The van der Waals surface area contributed by atoms with Crippen molar-refractivity contribution in [3.05, 3.63) is 60.7 Å². The summed E-state index contributed by atoms with van der Waals surface area (Å²) in [4.78, 5) is 16.2. The van der Waals surface area contributed by atoms with E-state index in [4.69, 9.17) is 9.72 Å². The Labute approximate surface area is 160 Å². The molecule has 0 aliphatic carbocycles. The fraction of sp³-hybridized carbons (Fsp3) is 0.318. The maximum atomic E-state index is 5.41. The average molecular weight is 360 g/mol. The predicted molar refractivity (Wildman–Crippen MR) is 107 cm³/mol. The monoisotopic (exact) mass is 360 g/mol. The highest BCUT2D eigenvalue weighted by Crippen LogP contribution is 2.35. The molecule has 5 heteroatoms.